The van der Waals surface area contributed by atoms with Crippen molar-refractivity contribution >= 4 is 11.6 Å². The molecule has 0 N–H and O–H groups in total. The summed E-state index contributed by atoms with van der Waals surface area (Å²) >= 11 is 5.81. The van der Waals surface area contributed by atoms with Crippen molar-refractivity contribution in [2.75, 3.05) is 12.5 Å². The van der Waals surface area contributed by atoms with E-state index in [4.69, 9.17) is 21.1 Å². The zero-order chi connectivity index (χ0) is 14.6. The third-order valence-corrected chi connectivity index (χ3v) is 4.31. The van der Waals surface area contributed by atoms with E-state index in [-0.39, 0.29) is 12.0 Å². The Kier molecular flexibility index (Phi) is 4.77. The Balaban J connectivity index is 2.26. The summed E-state index contributed by atoms with van der Waals surface area (Å²) in [5, 5.41) is 9.75. The number of benzene rings is 1. The predicted octanol–water partition coefficient (Wildman–Crippen LogP) is 4.01. The van der Waals surface area contributed by atoms with Crippen molar-refractivity contribution in [2.24, 2.45) is 11.3 Å². The molecule has 0 saturated carbocycles. The zero-order valence-electron chi connectivity index (χ0n) is 11.9. The van der Waals surface area contributed by atoms with Crippen LogP contribution in [0.4, 0.5) is 0 Å². The number of halogens is 1. The van der Waals surface area contributed by atoms with Crippen LogP contribution >= 0.6 is 11.6 Å². The summed E-state index contributed by atoms with van der Waals surface area (Å²) < 4.78 is 11.8. The van der Waals surface area contributed by atoms with Gasteiger partial charge in [0.2, 0.25) is 0 Å². The van der Waals surface area contributed by atoms with E-state index in [0.717, 1.165) is 24.3 Å². The zero-order valence-corrected chi connectivity index (χ0v) is 12.7. The third kappa shape index (κ3) is 2.71. The van der Waals surface area contributed by atoms with Crippen LogP contribution in [-0.4, -0.2) is 18.6 Å². The quantitative estimate of drug-likeness (QED) is 0.770. The molecular weight excluding hydrogens is 274 g/mol. The second-order valence-corrected chi connectivity index (χ2v) is 5.84. The topological polar surface area (TPSA) is 42.2 Å². The lowest BCUT2D eigenvalue weighted by Gasteiger charge is -2.40. The van der Waals surface area contributed by atoms with Crippen LogP contribution in [0.15, 0.2) is 24.3 Å². The summed E-state index contributed by atoms with van der Waals surface area (Å²) in [7, 11) is 0. The molecule has 0 amide bonds. The molecule has 2 atom stereocenters. The summed E-state index contributed by atoms with van der Waals surface area (Å²) in [6.45, 7) is 4.52. The number of nitrogens with zero attached hydrogens (tertiary/aromatic N) is 1. The number of para-hydroxylation sites is 2. The molecule has 0 bridgehead atoms. The number of nitriles is 1. The van der Waals surface area contributed by atoms with Gasteiger partial charge >= 0.3 is 0 Å². The van der Waals surface area contributed by atoms with Crippen molar-refractivity contribution in [2.45, 2.75) is 32.8 Å². The van der Waals surface area contributed by atoms with Crippen molar-refractivity contribution < 1.29 is 9.47 Å². The first kappa shape index (κ1) is 15.0. The van der Waals surface area contributed by atoms with Gasteiger partial charge in [-0.05, 0) is 30.9 Å². The Morgan fingerprint density at radius 3 is 2.70 bits per heavy atom. The molecule has 0 saturated heterocycles. The molecule has 4 heteroatoms. The lowest BCUT2D eigenvalue weighted by atomic mass is 9.70. The molecule has 3 nitrogen and oxygen atoms in total. The Morgan fingerprint density at radius 2 is 2.10 bits per heavy atom. The fraction of sp³-hybridized carbons (Fsp3) is 0.562. The number of ether oxygens (including phenoxy) is 2. The van der Waals surface area contributed by atoms with E-state index in [1.54, 1.807) is 0 Å². The van der Waals surface area contributed by atoms with Crippen molar-refractivity contribution in [3.8, 4) is 17.6 Å². The average molecular weight is 294 g/mol. The first-order valence-electron chi connectivity index (χ1n) is 6.99. The maximum absolute atomic E-state index is 9.75. The Hall–Kier alpha value is -1.40. The minimum atomic E-state index is -0.567. The van der Waals surface area contributed by atoms with Gasteiger partial charge in [0.1, 0.15) is 6.61 Å². The Labute approximate surface area is 125 Å². The molecule has 1 aliphatic rings. The van der Waals surface area contributed by atoms with Crippen LogP contribution in [0, 0.1) is 22.7 Å². The van der Waals surface area contributed by atoms with Crippen LogP contribution in [-0.2, 0) is 0 Å². The number of alkyl halides is 1. The highest BCUT2D eigenvalue weighted by Crippen LogP contribution is 2.42. The van der Waals surface area contributed by atoms with Crippen molar-refractivity contribution in [3.05, 3.63) is 24.3 Å². The van der Waals surface area contributed by atoms with Crippen LogP contribution in [0.5, 0.6) is 11.5 Å². The molecule has 1 aromatic rings. The normalized spacial score (nSPS) is 20.2. The van der Waals surface area contributed by atoms with Gasteiger partial charge < -0.3 is 9.47 Å². The minimum Gasteiger partial charge on any atom is -0.486 e. The molecule has 108 valence electrons. The van der Waals surface area contributed by atoms with Crippen LogP contribution < -0.4 is 9.47 Å². The molecule has 0 fully saturated rings. The number of rotatable bonds is 5. The number of fused-ring (bicyclic) bond motifs is 1. The van der Waals surface area contributed by atoms with E-state index in [9.17, 15) is 5.26 Å². The molecule has 0 spiro atoms. The lowest BCUT2D eigenvalue weighted by molar-refractivity contribution is -0.0101. The summed E-state index contributed by atoms with van der Waals surface area (Å²) in [4.78, 5) is 0. The summed E-state index contributed by atoms with van der Waals surface area (Å²) in [5.74, 6) is 2.20. The maximum atomic E-state index is 9.75. The SMILES string of the molecule is CC(C)C(C#N)(CCCCl)C1COc2ccccc2O1. The first-order chi connectivity index (χ1) is 9.64. The summed E-state index contributed by atoms with van der Waals surface area (Å²) in [6.07, 6.45) is 1.26. The van der Waals surface area contributed by atoms with Crippen LogP contribution in [0.3, 0.4) is 0 Å². The molecule has 1 aromatic carbocycles. The Morgan fingerprint density at radius 1 is 1.40 bits per heavy atom. The number of hydrogen-bond acceptors (Lipinski definition) is 3. The van der Waals surface area contributed by atoms with Gasteiger partial charge in [-0.3, -0.25) is 0 Å². The van der Waals surface area contributed by atoms with E-state index in [1.165, 1.54) is 0 Å². The molecule has 1 heterocycles. The lowest BCUT2D eigenvalue weighted by Crippen LogP contribution is -2.47. The van der Waals surface area contributed by atoms with Gasteiger partial charge in [-0.15, -0.1) is 11.6 Å². The van der Waals surface area contributed by atoms with E-state index >= 15 is 0 Å². The van der Waals surface area contributed by atoms with Gasteiger partial charge in [0.15, 0.2) is 17.6 Å². The predicted molar refractivity (Wildman–Crippen MR) is 79.2 cm³/mol. The van der Waals surface area contributed by atoms with Gasteiger partial charge in [0, 0.05) is 5.88 Å². The van der Waals surface area contributed by atoms with Gasteiger partial charge in [-0.25, -0.2) is 0 Å². The molecule has 20 heavy (non-hydrogen) atoms. The highest BCUT2D eigenvalue weighted by molar-refractivity contribution is 6.17. The molecule has 0 radical (unpaired) electrons. The summed E-state index contributed by atoms with van der Waals surface area (Å²) in [5.41, 5.74) is -0.567. The Bertz CT molecular complexity index is 497. The smallest absolute Gasteiger partial charge is 0.161 e. The monoisotopic (exact) mass is 293 g/mol. The van der Waals surface area contributed by atoms with E-state index in [2.05, 4.69) is 19.9 Å². The van der Waals surface area contributed by atoms with E-state index in [0.29, 0.717) is 12.5 Å². The van der Waals surface area contributed by atoms with Crippen LogP contribution in [0.1, 0.15) is 26.7 Å². The van der Waals surface area contributed by atoms with Crippen molar-refractivity contribution in [1.29, 1.82) is 5.26 Å². The molecule has 0 aliphatic carbocycles. The molecular formula is C16H20ClNO2. The van der Waals surface area contributed by atoms with Gasteiger partial charge in [-0.2, -0.15) is 5.26 Å². The molecule has 2 rings (SSSR count). The number of hydrogen-bond donors (Lipinski definition) is 0. The van der Waals surface area contributed by atoms with Gasteiger partial charge in [-0.1, -0.05) is 26.0 Å². The fourth-order valence-electron chi connectivity index (χ4n) is 2.71. The van der Waals surface area contributed by atoms with Crippen molar-refractivity contribution in [1.82, 2.24) is 0 Å². The average Bonchev–Trinajstić information content (AvgIpc) is 2.48. The minimum absolute atomic E-state index is 0.176. The highest BCUT2D eigenvalue weighted by atomic mass is 35.5. The maximum Gasteiger partial charge on any atom is 0.161 e. The third-order valence-electron chi connectivity index (χ3n) is 4.05. The fourth-order valence-corrected chi connectivity index (χ4v) is 2.84. The largest absolute Gasteiger partial charge is 0.486 e. The van der Waals surface area contributed by atoms with E-state index in [1.807, 2.05) is 24.3 Å². The van der Waals surface area contributed by atoms with Gasteiger partial charge in [0.05, 0.1) is 11.5 Å². The van der Waals surface area contributed by atoms with Crippen LogP contribution in [0.25, 0.3) is 0 Å². The molecule has 1 aliphatic heterocycles. The summed E-state index contributed by atoms with van der Waals surface area (Å²) in [6, 6.07) is 10.1. The second kappa shape index (κ2) is 6.37. The molecule has 0 aromatic heterocycles. The molecule has 2 unspecified atom stereocenters. The van der Waals surface area contributed by atoms with Crippen LogP contribution in [0.2, 0.25) is 0 Å². The van der Waals surface area contributed by atoms with E-state index < -0.39 is 5.41 Å². The van der Waals surface area contributed by atoms with Crippen molar-refractivity contribution in [3.63, 3.8) is 0 Å². The highest BCUT2D eigenvalue weighted by Gasteiger charge is 2.45. The second-order valence-electron chi connectivity index (χ2n) is 5.46. The van der Waals surface area contributed by atoms with Gasteiger partial charge in [0.25, 0.3) is 0 Å². The standard InChI is InChI=1S/C16H20ClNO2/c1-12(2)16(11-18,8-5-9-17)15-10-19-13-6-3-4-7-14(13)20-15/h3-4,6-7,12,15H,5,8-10H2,1-2H3. The first-order valence-corrected chi connectivity index (χ1v) is 7.53.